The minimum absolute atomic E-state index is 0.0764. The van der Waals surface area contributed by atoms with Crippen molar-refractivity contribution in [2.75, 3.05) is 20.1 Å². The third-order valence-electron chi connectivity index (χ3n) is 7.35. The number of likely N-dealkylation sites (N-methyl/N-ethyl adjacent to an activating group) is 1. The van der Waals surface area contributed by atoms with Gasteiger partial charge in [0.25, 0.3) is 0 Å². The standard InChI is InChI=1S/C27H37FN4O3/c1-27(2,3)35-26(34)32-22-8-7-20(14-22)24(32)25(33)30-21(16-29)13-19-6-5-18(15-23(19)28)17-9-11-31(4)12-10-17/h5-6,9,15,20-22,24,26,34H,7-8,10-14H2,1-4H3,(H,30,33)/t20-,21-,22+,24-,26?/m0/s1. The number of piperidine rings is 1. The van der Waals surface area contributed by atoms with Crippen molar-refractivity contribution in [2.24, 2.45) is 5.92 Å². The van der Waals surface area contributed by atoms with Gasteiger partial charge >= 0.3 is 0 Å². The van der Waals surface area contributed by atoms with Gasteiger partial charge in [0.2, 0.25) is 12.3 Å². The minimum Gasteiger partial charge on any atom is -0.356 e. The quantitative estimate of drug-likeness (QED) is 0.579. The van der Waals surface area contributed by atoms with E-state index in [-0.39, 0.29) is 30.1 Å². The van der Waals surface area contributed by atoms with Crippen molar-refractivity contribution in [1.29, 1.82) is 5.26 Å². The molecule has 1 aromatic rings. The zero-order valence-electron chi connectivity index (χ0n) is 21.1. The van der Waals surface area contributed by atoms with Crippen molar-refractivity contribution < 1.29 is 19.0 Å². The number of nitrogens with one attached hydrogen (secondary N) is 1. The molecule has 5 atom stereocenters. The number of rotatable bonds is 7. The summed E-state index contributed by atoms with van der Waals surface area (Å²) in [4.78, 5) is 17.2. The molecule has 35 heavy (non-hydrogen) atoms. The molecule has 2 aliphatic heterocycles. The number of aliphatic hydroxyl groups excluding tert-OH is 1. The number of aliphatic hydroxyl groups is 1. The van der Waals surface area contributed by atoms with Crippen LogP contribution in [0.2, 0.25) is 0 Å². The van der Waals surface area contributed by atoms with Crippen LogP contribution in [0.25, 0.3) is 5.57 Å². The van der Waals surface area contributed by atoms with Crippen LogP contribution in [0.4, 0.5) is 4.39 Å². The van der Waals surface area contributed by atoms with Gasteiger partial charge in [-0.05, 0) is 82.2 Å². The predicted molar refractivity (Wildman–Crippen MR) is 131 cm³/mol. The lowest BCUT2D eigenvalue weighted by Crippen LogP contribution is -2.57. The Kier molecular flexibility index (Phi) is 7.62. The van der Waals surface area contributed by atoms with Gasteiger partial charge in [-0.25, -0.2) is 9.29 Å². The number of hydrogen-bond donors (Lipinski definition) is 2. The molecule has 2 fully saturated rings. The Hall–Kier alpha value is -2.31. The maximum atomic E-state index is 14.9. The van der Waals surface area contributed by atoms with Crippen LogP contribution in [0.15, 0.2) is 24.3 Å². The molecule has 4 rings (SSSR count). The first-order valence-corrected chi connectivity index (χ1v) is 12.6. The summed E-state index contributed by atoms with van der Waals surface area (Å²) in [5, 5.41) is 23.3. The highest BCUT2D eigenvalue weighted by Crippen LogP contribution is 2.44. The summed E-state index contributed by atoms with van der Waals surface area (Å²) >= 11 is 0. The molecule has 1 aliphatic carbocycles. The van der Waals surface area contributed by atoms with Gasteiger partial charge in [0, 0.05) is 25.6 Å². The number of halogens is 1. The normalized spacial score (nSPS) is 26.8. The molecule has 2 bridgehead atoms. The maximum absolute atomic E-state index is 14.9. The summed E-state index contributed by atoms with van der Waals surface area (Å²) in [5.41, 5.74) is 1.83. The van der Waals surface area contributed by atoms with Gasteiger partial charge in [-0.2, -0.15) is 5.26 Å². The van der Waals surface area contributed by atoms with Crippen LogP contribution in [0.5, 0.6) is 0 Å². The van der Waals surface area contributed by atoms with E-state index in [0.717, 1.165) is 49.9 Å². The van der Waals surface area contributed by atoms with E-state index >= 15 is 0 Å². The van der Waals surface area contributed by atoms with Crippen LogP contribution in [-0.2, 0) is 16.0 Å². The summed E-state index contributed by atoms with van der Waals surface area (Å²) in [6, 6.07) is 5.89. The highest BCUT2D eigenvalue weighted by Gasteiger charge is 2.52. The smallest absolute Gasteiger partial charge is 0.238 e. The second kappa shape index (κ2) is 10.4. The lowest BCUT2D eigenvalue weighted by atomic mass is 9.95. The highest BCUT2D eigenvalue weighted by atomic mass is 19.1. The van der Waals surface area contributed by atoms with Crippen LogP contribution in [-0.4, -0.2) is 71.1 Å². The Bertz CT molecular complexity index is 1010. The predicted octanol–water partition coefficient (Wildman–Crippen LogP) is 3.04. The van der Waals surface area contributed by atoms with E-state index in [1.54, 1.807) is 11.0 Å². The first-order valence-electron chi connectivity index (χ1n) is 12.6. The lowest BCUT2D eigenvalue weighted by Gasteiger charge is -2.39. The van der Waals surface area contributed by atoms with Crippen LogP contribution >= 0.6 is 0 Å². The van der Waals surface area contributed by atoms with Gasteiger partial charge in [-0.15, -0.1) is 0 Å². The summed E-state index contributed by atoms with van der Waals surface area (Å²) in [7, 11) is 2.06. The Balaban J connectivity index is 1.43. The molecule has 190 valence electrons. The number of fused-ring (bicyclic) bond motifs is 2. The van der Waals surface area contributed by atoms with Crippen molar-refractivity contribution in [2.45, 2.75) is 83.0 Å². The Labute approximate surface area is 207 Å². The number of carbonyl (C=O) groups is 1. The van der Waals surface area contributed by atoms with Crippen LogP contribution in [0, 0.1) is 23.1 Å². The number of hydrogen-bond acceptors (Lipinski definition) is 6. The molecular formula is C27H37FN4O3. The monoisotopic (exact) mass is 484 g/mol. The summed E-state index contributed by atoms with van der Waals surface area (Å²) < 4.78 is 20.7. The number of benzene rings is 1. The number of amides is 1. The second-order valence-corrected chi connectivity index (χ2v) is 11.1. The number of nitrogens with zero attached hydrogens (tertiary/aromatic N) is 3. The molecule has 1 aromatic carbocycles. The van der Waals surface area contributed by atoms with Gasteiger partial charge < -0.3 is 20.1 Å². The van der Waals surface area contributed by atoms with Crippen molar-refractivity contribution in [3.8, 4) is 6.07 Å². The third-order valence-corrected chi connectivity index (χ3v) is 7.35. The van der Waals surface area contributed by atoms with E-state index in [4.69, 9.17) is 4.74 Å². The van der Waals surface area contributed by atoms with Crippen LogP contribution in [0.1, 0.15) is 57.6 Å². The molecule has 2 heterocycles. The van der Waals surface area contributed by atoms with E-state index in [9.17, 15) is 19.6 Å². The van der Waals surface area contributed by atoms with Gasteiger partial charge in [0.1, 0.15) is 11.9 Å². The second-order valence-electron chi connectivity index (χ2n) is 11.1. The molecule has 0 spiro atoms. The molecule has 8 heteroatoms. The number of likely N-dealkylation sites (tertiary alicyclic amines) is 1. The maximum Gasteiger partial charge on any atom is 0.238 e. The van der Waals surface area contributed by atoms with E-state index in [2.05, 4.69) is 29.4 Å². The van der Waals surface area contributed by atoms with Crippen molar-refractivity contribution in [3.05, 3.63) is 41.2 Å². The number of carbonyl (C=O) groups excluding carboxylic acids is 1. The summed E-state index contributed by atoms with van der Waals surface area (Å²) in [6.45, 7) is 7.35. The first kappa shape index (κ1) is 25.8. The summed E-state index contributed by atoms with van der Waals surface area (Å²) in [5.74, 6) is -0.572. The molecule has 1 saturated heterocycles. The molecule has 0 radical (unpaired) electrons. The number of ether oxygens (including phenoxy) is 1. The molecule has 3 aliphatic rings. The molecule has 1 unspecified atom stereocenters. The first-order chi connectivity index (χ1) is 16.6. The molecular weight excluding hydrogens is 447 g/mol. The highest BCUT2D eigenvalue weighted by molar-refractivity contribution is 5.83. The molecule has 7 nitrogen and oxygen atoms in total. The molecule has 0 aromatic heterocycles. The van der Waals surface area contributed by atoms with Gasteiger partial charge in [-0.3, -0.25) is 4.79 Å². The fraction of sp³-hybridized carbons (Fsp3) is 0.630. The van der Waals surface area contributed by atoms with Crippen molar-refractivity contribution in [3.63, 3.8) is 0 Å². The molecule has 2 N–H and O–H groups in total. The zero-order valence-corrected chi connectivity index (χ0v) is 21.1. The van der Waals surface area contributed by atoms with Crippen molar-refractivity contribution >= 4 is 11.5 Å². The van der Waals surface area contributed by atoms with Gasteiger partial charge in [-0.1, -0.05) is 18.2 Å². The average Bonchev–Trinajstić information content (AvgIpc) is 3.41. The van der Waals surface area contributed by atoms with E-state index in [0.29, 0.717) is 5.56 Å². The fourth-order valence-electron chi connectivity index (χ4n) is 5.62. The Morgan fingerprint density at radius 2 is 2.14 bits per heavy atom. The lowest BCUT2D eigenvalue weighted by molar-refractivity contribution is -0.254. The van der Waals surface area contributed by atoms with Crippen molar-refractivity contribution in [1.82, 2.24) is 15.1 Å². The Morgan fingerprint density at radius 3 is 2.77 bits per heavy atom. The van der Waals surface area contributed by atoms with E-state index in [1.165, 1.54) is 6.07 Å². The summed E-state index contributed by atoms with van der Waals surface area (Å²) in [6.07, 6.45) is 4.51. The molecule has 1 amide bonds. The largest absolute Gasteiger partial charge is 0.356 e. The zero-order chi connectivity index (χ0) is 25.3. The number of nitriles is 1. The van der Waals surface area contributed by atoms with E-state index in [1.807, 2.05) is 26.8 Å². The third kappa shape index (κ3) is 5.92. The average molecular weight is 485 g/mol. The topological polar surface area (TPSA) is 88.8 Å². The van der Waals surface area contributed by atoms with Crippen LogP contribution < -0.4 is 5.32 Å². The Morgan fingerprint density at radius 1 is 1.37 bits per heavy atom. The fourth-order valence-corrected chi connectivity index (χ4v) is 5.62. The minimum atomic E-state index is -1.19. The SMILES string of the molecule is CN1CC=C(c2ccc(C[C@@H](C#N)NC(=O)[C@@H]3[C@H]4CC[C@H](C4)N3C(O)OC(C)(C)C)c(F)c2)CC1. The van der Waals surface area contributed by atoms with Gasteiger partial charge in [0.05, 0.1) is 17.7 Å². The van der Waals surface area contributed by atoms with Gasteiger partial charge in [0.15, 0.2) is 0 Å². The van der Waals surface area contributed by atoms with E-state index < -0.39 is 24.1 Å². The molecule has 1 saturated carbocycles. The van der Waals surface area contributed by atoms with Crippen LogP contribution in [0.3, 0.4) is 0 Å².